The number of carbonyl (C=O) groups is 2. The molecule has 2 heterocycles. The Labute approximate surface area is 169 Å². The van der Waals surface area contributed by atoms with Gasteiger partial charge in [0.1, 0.15) is 11.4 Å². The minimum atomic E-state index is -0.383. The van der Waals surface area contributed by atoms with Crippen LogP contribution >= 0.6 is 11.6 Å². The summed E-state index contributed by atoms with van der Waals surface area (Å²) in [5.74, 6) is -0.473. The van der Waals surface area contributed by atoms with Crippen molar-refractivity contribution in [1.82, 2.24) is 15.2 Å². The molecule has 0 aromatic carbocycles. The number of hydrogen-bond acceptors (Lipinski definition) is 8. The molecule has 0 spiro atoms. The van der Waals surface area contributed by atoms with Crippen molar-refractivity contribution in [3.05, 3.63) is 16.7 Å². The molecule has 1 aliphatic rings. The van der Waals surface area contributed by atoms with Gasteiger partial charge < -0.3 is 25.3 Å². The Bertz CT molecular complexity index is 715. The van der Waals surface area contributed by atoms with Gasteiger partial charge in [0.25, 0.3) is 5.91 Å². The number of rotatable bonds is 7. The highest BCUT2D eigenvalue weighted by Crippen LogP contribution is 2.25. The number of halogens is 1. The average molecular weight is 415 g/mol. The van der Waals surface area contributed by atoms with Crippen LogP contribution in [0.3, 0.4) is 0 Å². The van der Waals surface area contributed by atoms with Gasteiger partial charge in [0.05, 0.1) is 36.9 Å². The van der Waals surface area contributed by atoms with Crippen LogP contribution < -0.4 is 15.8 Å². The summed E-state index contributed by atoms with van der Waals surface area (Å²) < 4.78 is 15.8. The fourth-order valence-electron chi connectivity index (χ4n) is 3.06. The zero-order chi connectivity index (χ0) is 20.8. The van der Waals surface area contributed by atoms with Gasteiger partial charge in [0, 0.05) is 20.2 Å². The Balaban J connectivity index is 2.02. The molecule has 1 aromatic heterocycles. The van der Waals surface area contributed by atoms with Crippen LogP contribution in [0.4, 0.5) is 5.82 Å². The second-order valence-corrected chi connectivity index (χ2v) is 7.24. The highest BCUT2D eigenvalue weighted by molar-refractivity contribution is 6.33. The molecule has 28 heavy (non-hydrogen) atoms. The number of pyridine rings is 1. The van der Waals surface area contributed by atoms with Crippen molar-refractivity contribution in [2.24, 2.45) is 0 Å². The van der Waals surface area contributed by atoms with E-state index >= 15 is 0 Å². The van der Waals surface area contributed by atoms with E-state index in [-0.39, 0.29) is 59.0 Å². The largest absolute Gasteiger partial charge is 0.480 e. The number of anilines is 1. The van der Waals surface area contributed by atoms with E-state index < -0.39 is 0 Å². The van der Waals surface area contributed by atoms with Crippen LogP contribution in [-0.2, 0) is 14.3 Å². The smallest absolute Gasteiger partial charge is 0.320 e. The normalized spacial score (nSPS) is 20.1. The first-order valence-corrected chi connectivity index (χ1v) is 9.38. The topological polar surface area (TPSA) is 116 Å². The van der Waals surface area contributed by atoms with Crippen molar-refractivity contribution >= 4 is 29.3 Å². The van der Waals surface area contributed by atoms with Gasteiger partial charge in [0.15, 0.2) is 0 Å². The number of carbonyl (C=O) groups excluding carboxylic acids is 2. The summed E-state index contributed by atoms with van der Waals surface area (Å²) in [6, 6.07) is 1.19. The maximum absolute atomic E-state index is 12.7. The summed E-state index contributed by atoms with van der Waals surface area (Å²) in [5.41, 5.74) is 5.85. The number of nitrogens with two attached hydrogens (primary N) is 1. The Hall–Kier alpha value is -2.10. The Morgan fingerprint density at radius 1 is 1.43 bits per heavy atom. The van der Waals surface area contributed by atoms with E-state index in [9.17, 15) is 9.59 Å². The molecule has 156 valence electrons. The van der Waals surface area contributed by atoms with E-state index in [4.69, 9.17) is 31.5 Å². The first-order valence-electron chi connectivity index (χ1n) is 9.00. The Morgan fingerprint density at radius 3 is 2.75 bits per heavy atom. The number of nitrogens with one attached hydrogen (secondary N) is 1. The van der Waals surface area contributed by atoms with Crippen molar-refractivity contribution in [3.63, 3.8) is 0 Å². The number of methoxy groups -OCH3 is 2. The maximum Gasteiger partial charge on any atom is 0.320 e. The second-order valence-electron chi connectivity index (χ2n) is 6.83. The van der Waals surface area contributed by atoms with Crippen LogP contribution in [0, 0.1) is 0 Å². The number of hydrogen-bond donors (Lipinski definition) is 2. The monoisotopic (exact) mass is 414 g/mol. The van der Waals surface area contributed by atoms with Crippen LogP contribution in [0.1, 0.15) is 30.6 Å². The minimum Gasteiger partial charge on any atom is -0.480 e. The third-order valence-corrected chi connectivity index (χ3v) is 4.69. The summed E-state index contributed by atoms with van der Waals surface area (Å²) in [7, 11) is 2.97. The van der Waals surface area contributed by atoms with Crippen molar-refractivity contribution in [3.8, 4) is 5.88 Å². The zero-order valence-corrected chi connectivity index (χ0v) is 17.3. The fourth-order valence-corrected chi connectivity index (χ4v) is 3.21. The van der Waals surface area contributed by atoms with Crippen LogP contribution in [-0.4, -0.2) is 73.9 Å². The van der Waals surface area contributed by atoms with E-state index in [1.54, 1.807) is 7.11 Å². The van der Waals surface area contributed by atoms with Gasteiger partial charge in [-0.2, -0.15) is 4.98 Å². The third-order valence-electron chi connectivity index (χ3n) is 4.39. The fraction of sp³-hybridized carbons (Fsp3) is 0.611. The quantitative estimate of drug-likeness (QED) is 0.637. The number of esters is 1. The SMILES string of the molecule is COc1nc(N)c(Cl)cc1C(=O)NC1CCN(CC(=O)OC(C)C)CC1OC. The molecule has 3 N–H and O–H groups in total. The predicted molar refractivity (Wildman–Crippen MR) is 105 cm³/mol. The van der Waals surface area contributed by atoms with Crippen LogP contribution in [0.15, 0.2) is 6.07 Å². The summed E-state index contributed by atoms with van der Waals surface area (Å²) in [6.07, 6.45) is 0.170. The first-order chi connectivity index (χ1) is 13.2. The van der Waals surface area contributed by atoms with Gasteiger partial charge in [-0.05, 0) is 26.3 Å². The van der Waals surface area contributed by atoms with Crippen molar-refractivity contribution < 1.29 is 23.8 Å². The summed E-state index contributed by atoms with van der Waals surface area (Å²) >= 11 is 5.99. The predicted octanol–water partition coefficient (Wildman–Crippen LogP) is 1.10. The first kappa shape index (κ1) is 22.2. The van der Waals surface area contributed by atoms with E-state index in [1.165, 1.54) is 13.2 Å². The summed E-state index contributed by atoms with van der Waals surface area (Å²) in [5, 5.41) is 3.11. The van der Waals surface area contributed by atoms with Gasteiger partial charge >= 0.3 is 5.97 Å². The molecule has 9 nitrogen and oxygen atoms in total. The highest BCUT2D eigenvalue weighted by atomic mass is 35.5. The number of piperidine rings is 1. The molecular formula is C18H27ClN4O5. The number of ether oxygens (including phenoxy) is 3. The number of nitrogens with zero attached hydrogens (tertiary/aromatic N) is 2. The number of aromatic nitrogens is 1. The lowest BCUT2D eigenvalue weighted by Gasteiger charge is -2.37. The van der Waals surface area contributed by atoms with Crippen molar-refractivity contribution in [1.29, 1.82) is 0 Å². The van der Waals surface area contributed by atoms with E-state index in [0.29, 0.717) is 19.5 Å². The molecule has 1 saturated heterocycles. The molecule has 1 amide bonds. The number of nitrogen functional groups attached to an aromatic ring is 1. The van der Waals surface area contributed by atoms with Crippen LogP contribution in [0.2, 0.25) is 5.02 Å². The number of likely N-dealkylation sites (tertiary alicyclic amines) is 1. The molecule has 0 bridgehead atoms. The van der Waals surface area contributed by atoms with Crippen LogP contribution in [0.5, 0.6) is 5.88 Å². The molecular weight excluding hydrogens is 388 g/mol. The average Bonchev–Trinajstić information content (AvgIpc) is 2.63. The molecule has 0 aliphatic carbocycles. The minimum absolute atomic E-state index is 0.0893. The summed E-state index contributed by atoms with van der Waals surface area (Å²) in [4.78, 5) is 30.5. The van der Waals surface area contributed by atoms with Gasteiger partial charge in [0.2, 0.25) is 5.88 Å². The van der Waals surface area contributed by atoms with Crippen molar-refractivity contribution in [2.45, 2.75) is 38.5 Å². The Kier molecular flexibility index (Phi) is 7.85. The lowest BCUT2D eigenvalue weighted by molar-refractivity contribution is -0.149. The van der Waals surface area contributed by atoms with Gasteiger partial charge in [-0.25, -0.2) is 0 Å². The highest BCUT2D eigenvalue weighted by Gasteiger charge is 2.32. The van der Waals surface area contributed by atoms with Gasteiger partial charge in [-0.1, -0.05) is 11.6 Å². The number of amides is 1. The molecule has 1 fully saturated rings. The maximum atomic E-state index is 12.7. The lowest BCUT2D eigenvalue weighted by Crippen LogP contribution is -2.55. The zero-order valence-electron chi connectivity index (χ0n) is 16.5. The van der Waals surface area contributed by atoms with Crippen LogP contribution in [0.25, 0.3) is 0 Å². The molecule has 10 heteroatoms. The molecule has 2 unspecified atom stereocenters. The summed E-state index contributed by atoms with van der Waals surface area (Å²) in [6.45, 7) is 4.92. The lowest BCUT2D eigenvalue weighted by atomic mass is 10.0. The van der Waals surface area contributed by atoms with E-state index in [0.717, 1.165) is 0 Å². The van der Waals surface area contributed by atoms with E-state index in [1.807, 2.05) is 18.7 Å². The second kappa shape index (κ2) is 9.90. The van der Waals surface area contributed by atoms with Crippen molar-refractivity contribution in [2.75, 3.05) is 39.6 Å². The molecule has 1 aliphatic heterocycles. The molecule has 1 aromatic rings. The van der Waals surface area contributed by atoms with E-state index in [2.05, 4.69) is 10.3 Å². The Morgan fingerprint density at radius 2 is 2.14 bits per heavy atom. The third kappa shape index (κ3) is 5.70. The van der Waals surface area contributed by atoms with Gasteiger partial charge in [-0.3, -0.25) is 14.5 Å². The molecule has 0 radical (unpaired) electrons. The molecule has 0 saturated carbocycles. The standard InChI is InChI=1S/C18H27ClN4O5/c1-10(2)28-15(24)9-23-6-5-13(14(8-23)26-3)21-17(25)11-7-12(19)16(20)22-18(11)27-4/h7,10,13-14H,5-6,8-9H2,1-4H3,(H2,20,22)(H,21,25). The van der Waals surface area contributed by atoms with Gasteiger partial charge in [-0.15, -0.1) is 0 Å². The molecule has 2 rings (SSSR count). The molecule has 2 atom stereocenters.